The SMILES string of the molecule is O=CC1(O)C=C(O)C=C(O)C1. The molecule has 0 bridgehead atoms. The van der Waals surface area contributed by atoms with Crippen molar-refractivity contribution in [3.8, 4) is 0 Å². The minimum Gasteiger partial charge on any atom is -0.512 e. The van der Waals surface area contributed by atoms with Gasteiger partial charge in [0.1, 0.15) is 11.4 Å². The summed E-state index contributed by atoms with van der Waals surface area (Å²) in [6.07, 6.45) is 2.16. The Kier molecular flexibility index (Phi) is 1.70. The summed E-state index contributed by atoms with van der Waals surface area (Å²) >= 11 is 0. The second kappa shape index (κ2) is 2.39. The van der Waals surface area contributed by atoms with Crippen molar-refractivity contribution in [2.24, 2.45) is 0 Å². The van der Waals surface area contributed by atoms with E-state index < -0.39 is 5.60 Å². The molecule has 1 atom stereocenters. The number of hydrogen-bond acceptors (Lipinski definition) is 4. The highest BCUT2D eigenvalue weighted by Crippen LogP contribution is 2.21. The van der Waals surface area contributed by atoms with Crippen LogP contribution in [0.25, 0.3) is 0 Å². The first-order valence-electron chi connectivity index (χ1n) is 3.06. The van der Waals surface area contributed by atoms with Gasteiger partial charge < -0.3 is 15.3 Å². The molecule has 0 aromatic carbocycles. The van der Waals surface area contributed by atoms with Crippen LogP contribution in [-0.2, 0) is 4.79 Å². The molecule has 0 heterocycles. The number of allylic oxidation sites excluding steroid dienone is 1. The first-order chi connectivity index (χ1) is 5.06. The van der Waals surface area contributed by atoms with E-state index >= 15 is 0 Å². The zero-order valence-electron chi connectivity index (χ0n) is 5.69. The summed E-state index contributed by atoms with van der Waals surface area (Å²) in [6.45, 7) is 0. The Balaban J connectivity index is 2.95. The van der Waals surface area contributed by atoms with Crippen LogP contribution in [0.4, 0.5) is 0 Å². The topological polar surface area (TPSA) is 77.8 Å². The summed E-state index contributed by atoms with van der Waals surface area (Å²) in [7, 11) is 0. The summed E-state index contributed by atoms with van der Waals surface area (Å²) in [5.74, 6) is -0.511. The Labute approximate surface area is 63.1 Å². The van der Waals surface area contributed by atoms with Gasteiger partial charge in [-0.1, -0.05) is 0 Å². The molecule has 0 spiro atoms. The minimum absolute atomic E-state index is 0.180. The molecule has 1 unspecified atom stereocenters. The highest BCUT2D eigenvalue weighted by Gasteiger charge is 2.28. The van der Waals surface area contributed by atoms with E-state index in [0.29, 0.717) is 0 Å². The maximum absolute atomic E-state index is 10.2. The number of aliphatic hydroxyl groups is 3. The van der Waals surface area contributed by atoms with Crippen molar-refractivity contribution in [3.05, 3.63) is 23.7 Å². The van der Waals surface area contributed by atoms with Gasteiger partial charge in [-0.3, -0.25) is 4.79 Å². The molecule has 4 nitrogen and oxygen atoms in total. The first kappa shape index (κ1) is 7.81. The van der Waals surface area contributed by atoms with Crippen LogP contribution in [0.2, 0.25) is 0 Å². The van der Waals surface area contributed by atoms with E-state index in [4.69, 9.17) is 10.2 Å². The second-order valence-corrected chi connectivity index (χ2v) is 2.49. The molecule has 0 saturated carbocycles. The third-order valence-electron chi connectivity index (χ3n) is 1.38. The third-order valence-corrected chi connectivity index (χ3v) is 1.38. The molecular weight excluding hydrogens is 148 g/mol. The number of aldehydes is 1. The molecule has 0 radical (unpaired) electrons. The average Bonchev–Trinajstić information content (AvgIpc) is 1.84. The summed E-state index contributed by atoms with van der Waals surface area (Å²) < 4.78 is 0. The Bertz CT molecular complexity index is 241. The lowest BCUT2D eigenvalue weighted by molar-refractivity contribution is -0.120. The maximum atomic E-state index is 10.2. The fourth-order valence-electron chi connectivity index (χ4n) is 0.936. The number of carbonyl (C=O) groups is 1. The number of carbonyl (C=O) groups excluding carboxylic acids is 1. The summed E-state index contributed by atoms with van der Waals surface area (Å²) in [6, 6.07) is 0. The molecule has 3 N–H and O–H groups in total. The van der Waals surface area contributed by atoms with Crippen molar-refractivity contribution in [1.29, 1.82) is 0 Å². The van der Waals surface area contributed by atoms with Gasteiger partial charge in [-0.05, 0) is 6.08 Å². The third kappa shape index (κ3) is 1.59. The van der Waals surface area contributed by atoms with Gasteiger partial charge in [-0.2, -0.15) is 0 Å². The van der Waals surface area contributed by atoms with Gasteiger partial charge in [0.2, 0.25) is 0 Å². The zero-order chi connectivity index (χ0) is 8.48. The smallest absolute Gasteiger partial charge is 0.156 e. The quantitative estimate of drug-likeness (QED) is 0.474. The first-order valence-corrected chi connectivity index (χ1v) is 3.06. The highest BCUT2D eigenvalue weighted by atomic mass is 16.3. The molecule has 1 rings (SSSR count). The molecule has 0 saturated heterocycles. The molecular formula is C7H8O4. The lowest BCUT2D eigenvalue weighted by atomic mass is 9.95. The van der Waals surface area contributed by atoms with Gasteiger partial charge in [0, 0.05) is 12.5 Å². The van der Waals surface area contributed by atoms with E-state index in [9.17, 15) is 9.90 Å². The van der Waals surface area contributed by atoms with Gasteiger partial charge >= 0.3 is 0 Å². The van der Waals surface area contributed by atoms with Crippen LogP contribution in [-0.4, -0.2) is 27.2 Å². The van der Waals surface area contributed by atoms with E-state index in [1.54, 1.807) is 0 Å². The van der Waals surface area contributed by atoms with Crippen LogP contribution < -0.4 is 0 Å². The van der Waals surface area contributed by atoms with Crippen LogP contribution in [0.3, 0.4) is 0 Å². The Morgan fingerprint density at radius 2 is 2.18 bits per heavy atom. The summed E-state index contributed by atoms with van der Waals surface area (Å²) in [5, 5.41) is 27.0. The van der Waals surface area contributed by atoms with Gasteiger partial charge in [0.25, 0.3) is 0 Å². The average molecular weight is 156 g/mol. The predicted molar refractivity (Wildman–Crippen MR) is 37.1 cm³/mol. The van der Waals surface area contributed by atoms with Gasteiger partial charge in [0.05, 0.1) is 5.76 Å². The molecule has 0 amide bonds. The van der Waals surface area contributed by atoms with Crippen molar-refractivity contribution >= 4 is 6.29 Å². The lowest BCUT2D eigenvalue weighted by Crippen LogP contribution is -2.30. The van der Waals surface area contributed by atoms with Crippen LogP contribution in [0.1, 0.15) is 6.42 Å². The molecule has 60 valence electrons. The van der Waals surface area contributed by atoms with Crippen molar-refractivity contribution < 1.29 is 20.1 Å². The summed E-state index contributed by atoms with van der Waals surface area (Å²) in [5.41, 5.74) is -1.75. The number of hydrogen-bond donors (Lipinski definition) is 3. The van der Waals surface area contributed by atoms with Crippen LogP contribution in [0, 0.1) is 0 Å². The predicted octanol–water partition coefficient (Wildman–Crippen LogP) is 0.204. The largest absolute Gasteiger partial charge is 0.512 e. The number of aliphatic hydroxyl groups excluding tert-OH is 2. The van der Waals surface area contributed by atoms with Crippen molar-refractivity contribution in [3.63, 3.8) is 0 Å². The van der Waals surface area contributed by atoms with E-state index in [0.717, 1.165) is 12.2 Å². The maximum Gasteiger partial charge on any atom is 0.156 e. The second-order valence-electron chi connectivity index (χ2n) is 2.49. The molecule has 11 heavy (non-hydrogen) atoms. The van der Waals surface area contributed by atoms with Gasteiger partial charge in [0.15, 0.2) is 6.29 Å². The van der Waals surface area contributed by atoms with Crippen LogP contribution in [0.5, 0.6) is 0 Å². The molecule has 1 aliphatic rings. The standard InChI is InChI=1S/C7H8O4/c8-4-7(11)2-5(9)1-6(10)3-7/h1-2,4,9-11H,3H2. The number of rotatable bonds is 1. The van der Waals surface area contributed by atoms with E-state index in [-0.39, 0.29) is 24.2 Å². The fraction of sp³-hybridized carbons (Fsp3) is 0.286. The van der Waals surface area contributed by atoms with Crippen molar-refractivity contribution in [1.82, 2.24) is 0 Å². The molecule has 4 heteroatoms. The Hall–Kier alpha value is -1.29. The Morgan fingerprint density at radius 3 is 2.64 bits per heavy atom. The van der Waals surface area contributed by atoms with Crippen molar-refractivity contribution in [2.75, 3.05) is 0 Å². The molecule has 0 aromatic rings. The van der Waals surface area contributed by atoms with E-state index in [1.165, 1.54) is 0 Å². The molecule has 0 aliphatic heterocycles. The van der Waals surface area contributed by atoms with E-state index in [1.807, 2.05) is 0 Å². The molecule has 1 aliphatic carbocycles. The van der Waals surface area contributed by atoms with Gasteiger partial charge in [-0.25, -0.2) is 0 Å². The fourth-order valence-corrected chi connectivity index (χ4v) is 0.936. The van der Waals surface area contributed by atoms with Crippen molar-refractivity contribution in [2.45, 2.75) is 12.0 Å². The van der Waals surface area contributed by atoms with E-state index in [2.05, 4.69) is 0 Å². The summed E-state index contributed by atoms with van der Waals surface area (Å²) in [4.78, 5) is 10.2. The van der Waals surface area contributed by atoms with Gasteiger partial charge in [-0.15, -0.1) is 0 Å². The lowest BCUT2D eigenvalue weighted by Gasteiger charge is -2.20. The zero-order valence-corrected chi connectivity index (χ0v) is 5.69. The molecule has 0 fully saturated rings. The monoisotopic (exact) mass is 156 g/mol. The molecule has 0 aromatic heterocycles. The Morgan fingerprint density at radius 1 is 1.55 bits per heavy atom. The van der Waals surface area contributed by atoms with Crippen LogP contribution in [0.15, 0.2) is 23.7 Å². The minimum atomic E-state index is -1.75. The highest BCUT2D eigenvalue weighted by molar-refractivity contribution is 5.67. The normalized spacial score (nSPS) is 30.6. The van der Waals surface area contributed by atoms with Crippen LogP contribution >= 0.6 is 0 Å².